The molecule has 0 rings (SSSR count). The molecule has 1 N–H and O–H groups in total. The number of carbonyl (C=O) groups excluding carboxylic acids is 2. The van der Waals surface area contributed by atoms with Crippen LogP contribution in [0.4, 0.5) is 0 Å². The first-order chi connectivity index (χ1) is 8.43. The third kappa shape index (κ3) is 13.3. The van der Waals surface area contributed by atoms with Crippen LogP contribution in [0.15, 0.2) is 0 Å². The van der Waals surface area contributed by atoms with Crippen LogP contribution in [-0.2, 0) is 14.3 Å². The number of ether oxygens (including phenoxy) is 1. The molecular formula is C15H31NO3. The molecule has 0 spiro atoms. The average Bonchev–Trinajstić information content (AvgIpc) is 2.30. The van der Waals surface area contributed by atoms with E-state index in [1.807, 2.05) is 13.8 Å². The van der Waals surface area contributed by atoms with Gasteiger partial charge in [0, 0.05) is 25.3 Å². The predicted octanol–water partition coefficient (Wildman–Crippen LogP) is 2.81. The Morgan fingerprint density at radius 3 is 2.21 bits per heavy atom. The SMILES string of the molecule is C.CC(C)CCC(=O)CCOCCNC(=O)C(C)C. The lowest BCUT2D eigenvalue weighted by molar-refractivity contribution is -0.124. The van der Waals surface area contributed by atoms with Gasteiger partial charge in [0.2, 0.25) is 5.91 Å². The Balaban J connectivity index is 0. The van der Waals surface area contributed by atoms with Crippen molar-refractivity contribution in [3.63, 3.8) is 0 Å². The summed E-state index contributed by atoms with van der Waals surface area (Å²) in [5.41, 5.74) is 0. The van der Waals surface area contributed by atoms with Crippen LogP contribution in [-0.4, -0.2) is 31.4 Å². The van der Waals surface area contributed by atoms with E-state index >= 15 is 0 Å². The largest absolute Gasteiger partial charge is 0.379 e. The van der Waals surface area contributed by atoms with Crippen LogP contribution < -0.4 is 5.32 Å². The Morgan fingerprint density at radius 2 is 1.68 bits per heavy atom. The van der Waals surface area contributed by atoms with Crippen molar-refractivity contribution >= 4 is 11.7 Å². The lowest BCUT2D eigenvalue weighted by Crippen LogP contribution is -2.30. The molecule has 0 radical (unpaired) electrons. The van der Waals surface area contributed by atoms with E-state index in [0.29, 0.717) is 38.5 Å². The van der Waals surface area contributed by atoms with Crippen molar-refractivity contribution in [3.05, 3.63) is 0 Å². The van der Waals surface area contributed by atoms with Gasteiger partial charge in [-0.1, -0.05) is 35.1 Å². The number of hydrogen-bond acceptors (Lipinski definition) is 3. The first-order valence-electron chi connectivity index (χ1n) is 6.80. The van der Waals surface area contributed by atoms with Crippen LogP contribution in [0.1, 0.15) is 54.4 Å². The van der Waals surface area contributed by atoms with Gasteiger partial charge in [0.25, 0.3) is 0 Å². The maximum Gasteiger partial charge on any atom is 0.222 e. The smallest absolute Gasteiger partial charge is 0.222 e. The number of rotatable bonds is 10. The Labute approximate surface area is 118 Å². The van der Waals surface area contributed by atoms with Gasteiger partial charge in [-0.15, -0.1) is 0 Å². The summed E-state index contributed by atoms with van der Waals surface area (Å²) in [5, 5.41) is 2.76. The second-order valence-corrected chi connectivity index (χ2v) is 5.28. The molecule has 0 saturated heterocycles. The van der Waals surface area contributed by atoms with Crippen LogP contribution in [0.5, 0.6) is 0 Å². The summed E-state index contributed by atoms with van der Waals surface area (Å²) in [6, 6.07) is 0. The zero-order valence-corrected chi connectivity index (χ0v) is 12.1. The van der Waals surface area contributed by atoms with Crippen LogP contribution in [0.3, 0.4) is 0 Å². The minimum absolute atomic E-state index is 0. The van der Waals surface area contributed by atoms with Crippen molar-refractivity contribution in [3.8, 4) is 0 Å². The summed E-state index contributed by atoms with van der Waals surface area (Å²) in [4.78, 5) is 22.6. The van der Waals surface area contributed by atoms with Crippen LogP contribution in [0.25, 0.3) is 0 Å². The molecule has 0 saturated carbocycles. The van der Waals surface area contributed by atoms with E-state index in [-0.39, 0.29) is 25.0 Å². The van der Waals surface area contributed by atoms with Gasteiger partial charge in [-0.25, -0.2) is 0 Å². The highest BCUT2D eigenvalue weighted by molar-refractivity contribution is 5.78. The van der Waals surface area contributed by atoms with Gasteiger partial charge in [-0.2, -0.15) is 0 Å². The summed E-state index contributed by atoms with van der Waals surface area (Å²) in [6.07, 6.45) is 2.07. The average molecular weight is 273 g/mol. The van der Waals surface area contributed by atoms with Crippen LogP contribution in [0, 0.1) is 11.8 Å². The molecule has 0 aromatic heterocycles. The third-order valence-electron chi connectivity index (χ3n) is 2.60. The van der Waals surface area contributed by atoms with Gasteiger partial charge in [0.1, 0.15) is 5.78 Å². The van der Waals surface area contributed by atoms with Crippen molar-refractivity contribution in [1.29, 1.82) is 0 Å². The molecule has 0 aliphatic carbocycles. The molecule has 0 aromatic rings. The molecule has 0 heterocycles. The maximum absolute atomic E-state index is 11.4. The van der Waals surface area contributed by atoms with E-state index in [4.69, 9.17) is 4.74 Å². The van der Waals surface area contributed by atoms with Gasteiger partial charge in [-0.3, -0.25) is 9.59 Å². The summed E-state index contributed by atoms with van der Waals surface area (Å²) in [7, 11) is 0. The van der Waals surface area contributed by atoms with Crippen LogP contribution in [0.2, 0.25) is 0 Å². The van der Waals surface area contributed by atoms with Gasteiger partial charge in [-0.05, 0) is 12.3 Å². The summed E-state index contributed by atoms with van der Waals surface area (Å²) >= 11 is 0. The molecule has 1 amide bonds. The van der Waals surface area contributed by atoms with E-state index in [2.05, 4.69) is 19.2 Å². The van der Waals surface area contributed by atoms with Crippen molar-refractivity contribution in [1.82, 2.24) is 5.32 Å². The maximum atomic E-state index is 11.4. The molecule has 0 aromatic carbocycles. The predicted molar refractivity (Wildman–Crippen MR) is 79.1 cm³/mol. The van der Waals surface area contributed by atoms with Crippen molar-refractivity contribution in [2.24, 2.45) is 11.8 Å². The highest BCUT2D eigenvalue weighted by atomic mass is 16.5. The fraction of sp³-hybridized carbons (Fsp3) is 0.867. The molecule has 0 unspecified atom stereocenters. The third-order valence-corrected chi connectivity index (χ3v) is 2.60. The van der Waals surface area contributed by atoms with Gasteiger partial charge >= 0.3 is 0 Å². The Bertz CT molecular complexity index is 250. The first kappa shape index (κ1) is 20.4. The van der Waals surface area contributed by atoms with E-state index in [1.165, 1.54) is 0 Å². The standard InChI is InChI=1S/C14H27NO3.CH4/c1-11(2)5-6-13(16)7-9-18-10-8-15-14(17)12(3)4;/h11-12H,5-10H2,1-4H3,(H,15,17);1H4. The molecule has 0 atom stereocenters. The highest BCUT2D eigenvalue weighted by Gasteiger charge is 2.06. The van der Waals surface area contributed by atoms with E-state index in [0.717, 1.165) is 6.42 Å². The van der Waals surface area contributed by atoms with E-state index < -0.39 is 0 Å². The summed E-state index contributed by atoms with van der Waals surface area (Å²) in [5.74, 6) is 0.866. The van der Waals surface area contributed by atoms with Gasteiger partial charge in [0.15, 0.2) is 0 Å². The molecule has 0 aliphatic rings. The van der Waals surface area contributed by atoms with E-state index in [1.54, 1.807) is 0 Å². The zero-order valence-electron chi connectivity index (χ0n) is 12.1. The minimum Gasteiger partial charge on any atom is -0.379 e. The second kappa shape index (κ2) is 12.2. The van der Waals surface area contributed by atoms with Crippen LogP contribution >= 0.6 is 0 Å². The molecule has 114 valence electrons. The molecule has 0 aliphatic heterocycles. The second-order valence-electron chi connectivity index (χ2n) is 5.28. The lowest BCUT2D eigenvalue weighted by atomic mass is 10.0. The number of amides is 1. The topological polar surface area (TPSA) is 55.4 Å². The number of nitrogens with one attached hydrogen (secondary N) is 1. The summed E-state index contributed by atoms with van der Waals surface area (Å²) in [6.45, 7) is 9.36. The van der Waals surface area contributed by atoms with Crippen molar-refractivity contribution < 1.29 is 14.3 Å². The molecule has 0 bridgehead atoms. The number of hydrogen-bond donors (Lipinski definition) is 1. The minimum atomic E-state index is 0. The normalized spacial score (nSPS) is 10.4. The molecule has 19 heavy (non-hydrogen) atoms. The monoisotopic (exact) mass is 273 g/mol. The lowest BCUT2D eigenvalue weighted by Gasteiger charge is -2.08. The number of ketones is 1. The van der Waals surface area contributed by atoms with Crippen molar-refractivity contribution in [2.75, 3.05) is 19.8 Å². The van der Waals surface area contributed by atoms with Crippen molar-refractivity contribution in [2.45, 2.75) is 54.4 Å². The van der Waals surface area contributed by atoms with E-state index in [9.17, 15) is 9.59 Å². The Kier molecular flexibility index (Phi) is 13.1. The van der Waals surface area contributed by atoms with Gasteiger partial charge < -0.3 is 10.1 Å². The fourth-order valence-electron chi connectivity index (χ4n) is 1.31. The quantitative estimate of drug-likeness (QED) is 0.623. The molecule has 0 fully saturated rings. The zero-order chi connectivity index (χ0) is 14.0. The number of carbonyl (C=O) groups is 2. The van der Waals surface area contributed by atoms with Gasteiger partial charge in [0.05, 0.1) is 13.2 Å². The highest BCUT2D eigenvalue weighted by Crippen LogP contribution is 2.05. The first-order valence-corrected chi connectivity index (χ1v) is 6.80. The molecule has 4 nitrogen and oxygen atoms in total. The fourth-order valence-corrected chi connectivity index (χ4v) is 1.31. The summed E-state index contributed by atoms with van der Waals surface area (Å²) < 4.78 is 5.31. The number of Topliss-reactive ketones (excluding diaryl/α,β-unsaturated/α-hetero) is 1. The molecular weight excluding hydrogens is 242 g/mol. The Hall–Kier alpha value is -0.900. The molecule has 4 heteroatoms. The Morgan fingerprint density at radius 1 is 1.05 bits per heavy atom.